The molecule has 0 radical (unpaired) electrons. The van der Waals surface area contributed by atoms with Crippen molar-refractivity contribution < 1.29 is 19.1 Å². The van der Waals surface area contributed by atoms with E-state index in [0.717, 1.165) is 0 Å². The van der Waals surface area contributed by atoms with Gasteiger partial charge in [-0.1, -0.05) is 0 Å². The number of amides is 3. The van der Waals surface area contributed by atoms with E-state index in [-0.39, 0.29) is 35.9 Å². The summed E-state index contributed by atoms with van der Waals surface area (Å²) in [4.78, 5) is 40.2. The van der Waals surface area contributed by atoms with Crippen molar-refractivity contribution >= 4 is 17.9 Å². The third-order valence-corrected chi connectivity index (χ3v) is 4.04. The minimum Gasteiger partial charge on any atom is -0.444 e. The molecule has 3 amide bonds. The molecule has 7 heteroatoms. The summed E-state index contributed by atoms with van der Waals surface area (Å²) >= 11 is 0. The molecular formula is C19H35N3O4. The molecule has 0 aliphatic carbocycles. The smallest absolute Gasteiger partial charge is 0.410 e. The SMILES string of the molecule is CCN(CC(=O)NC(C)(C)C)C(=O)C1CCN(C(=O)OC(C)(C)C)CC1. The first-order chi connectivity index (χ1) is 11.8. The molecule has 1 aliphatic rings. The summed E-state index contributed by atoms with van der Waals surface area (Å²) in [7, 11) is 0. The summed E-state index contributed by atoms with van der Waals surface area (Å²) in [5.41, 5.74) is -0.846. The third kappa shape index (κ3) is 7.62. The van der Waals surface area contributed by atoms with Crippen molar-refractivity contribution in [3.05, 3.63) is 0 Å². The van der Waals surface area contributed by atoms with Crippen molar-refractivity contribution in [2.75, 3.05) is 26.2 Å². The van der Waals surface area contributed by atoms with Crippen LogP contribution in [0.25, 0.3) is 0 Å². The van der Waals surface area contributed by atoms with Crippen LogP contribution in [0.2, 0.25) is 0 Å². The van der Waals surface area contributed by atoms with Gasteiger partial charge in [-0.3, -0.25) is 9.59 Å². The maximum absolute atomic E-state index is 12.7. The Morgan fingerprint density at radius 3 is 2.04 bits per heavy atom. The molecule has 1 heterocycles. The van der Waals surface area contributed by atoms with Gasteiger partial charge in [0, 0.05) is 31.1 Å². The fourth-order valence-electron chi connectivity index (χ4n) is 2.87. The van der Waals surface area contributed by atoms with Crippen molar-refractivity contribution in [3.63, 3.8) is 0 Å². The molecule has 0 spiro atoms. The zero-order valence-electron chi connectivity index (χ0n) is 17.3. The molecule has 0 aromatic rings. The number of piperidine rings is 1. The molecule has 0 bridgehead atoms. The second-order valence-corrected chi connectivity index (χ2v) is 8.89. The lowest BCUT2D eigenvalue weighted by Crippen LogP contribution is -2.50. The number of carbonyl (C=O) groups excluding carboxylic acids is 3. The molecule has 1 N–H and O–H groups in total. The van der Waals surface area contributed by atoms with Crippen LogP contribution >= 0.6 is 0 Å². The first-order valence-electron chi connectivity index (χ1n) is 9.40. The summed E-state index contributed by atoms with van der Waals surface area (Å²) in [6.07, 6.45) is 0.852. The van der Waals surface area contributed by atoms with Crippen LogP contribution in [0.1, 0.15) is 61.3 Å². The van der Waals surface area contributed by atoms with Crippen molar-refractivity contribution in [2.24, 2.45) is 5.92 Å². The van der Waals surface area contributed by atoms with Crippen molar-refractivity contribution in [1.29, 1.82) is 0 Å². The van der Waals surface area contributed by atoms with Crippen LogP contribution in [0, 0.1) is 5.92 Å². The van der Waals surface area contributed by atoms with Crippen molar-refractivity contribution in [2.45, 2.75) is 72.4 Å². The van der Waals surface area contributed by atoms with Crippen LogP contribution in [0.4, 0.5) is 4.79 Å². The standard InChI is InChI=1S/C19H35N3O4/c1-8-21(13-15(23)20-18(2,3)4)16(24)14-9-11-22(12-10-14)17(25)26-19(5,6)7/h14H,8-13H2,1-7H3,(H,20,23). The van der Waals surface area contributed by atoms with E-state index >= 15 is 0 Å². The number of rotatable bonds is 4. The van der Waals surface area contributed by atoms with Gasteiger partial charge in [-0.05, 0) is 61.3 Å². The van der Waals surface area contributed by atoms with Gasteiger partial charge >= 0.3 is 6.09 Å². The van der Waals surface area contributed by atoms with Gasteiger partial charge in [0.1, 0.15) is 5.60 Å². The third-order valence-electron chi connectivity index (χ3n) is 4.04. The summed E-state index contributed by atoms with van der Waals surface area (Å²) in [5, 5.41) is 2.88. The van der Waals surface area contributed by atoms with E-state index in [2.05, 4.69) is 5.32 Å². The Kier molecular flexibility index (Phi) is 7.47. The van der Waals surface area contributed by atoms with E-state index < -0.39 is 5.60 Å². The molecule has 1 fully saturated rings. The summed E-state index contributed by atoms with van der Waals surface area (Å²) in [6.45, 7) is 14.7. The number of likely N-dealkylation sites (N-methyl/N-ethyl adjacent to an activating group) is 1. The number of hydrogen-bond acceptors (Lipinski definition) is 4. The Balaban J connectivity index is 2.55. The molecule has 150 valence electrons. The van der Waals surface area contributed by atoms with Gasteiger partial charge in [0.15, 0.2) is 0 Å². The molecular weight excluding hydrogens is 334 g/mol. The van der Waals surface area contributed by atoms with E-state index in [4.69, 9.17) is 4.74 Å². The zero-order chi connectivity index (χ0) is 20.1. The Morgan fingerprint density at radius 1 is 1.08 bits per heavy atom. The maximum Gasteiger partial charge on any atom is 0.410 e. The molecule has 0 atom stereocenters. The van der Waals surface area contributed by atoms with Crippen LogP contribution < -0.4 is 5.32 Å². The van der Waals surface area contributed by atoms with E-state index in [1.807, 2.05) is 48.5 Å². The zero-order valence-corrected chi connectivity index (χ0v) is 17.3. The summed E-state index contributed by atoms with van der Waals surface area (Å²) in [5.74, 6) is -0.324. The quantitative estimate of drug-likeness (QED) is 0.825. The predicted molar refractivity (Wildman–Crippen MR) is 101 cm³/mol. The van der Waals surface area contributed by atoms with Crippen LogP contribution in [0.3, 0.4) is 0 Å². The maximum atomic E-state index is 12.7. The van der Waals surface area contributed by atoms with Crippen molar-refractivity contribution in [1.82, 2.24) is 15.1 Å². The lowest BCUT2D eigenvalue weighted by molar-refractivity contribution is -0.140. The first-order valence-corrected chi connectivity index (χ1v) is 9.40. The monoisotopic (exact) mass is 369 g/mol. The van der Waals surface area contributed by atoms with E-state index in [9.17, 15) is 14.4 Å². The molecule has 0 aromatic heterocycles. The number of hydrogen-bond donors (Lipinski definition) is 1. The molecule has 0 aromatic carbocycles. The highest BCUT2D eigenvalue weighted by Crippen LogP contribution is 2.21. The lowest BCUT2D eigenvalue weighted by Gasteiger charge is -2.35. The number of nitrogens with zero attached hydrogens (tertiary/aromatic N) is 2. The molecule has 7 nitrogen and oxygen atoms in total. The molecule has 0 unspecified atom stereocenters. The predicted octanol–water partition coefficient (Wildman–Crippen LogP) is 2.40. The minimum atomic E-state index is -0.525. The molecule has 1 aliphatic heterocycles. The minimum absolute atomic E-state index is 0.0135. The first kappa shape index (κ1) is 22.3. The highest BCUT2D eigenvalue weighted by molar-refractivity contribution is 5.86. The van der Waals surface area contributed by atoms with Gasteiger partial charge in [-0.15, -0.1) is 0 Å². The number of ether oxygens (including phenoxy) is 1. The Hall–Kier alpha value is -1.79. The lowest BCUT2D eigenvalue weighted by atomic mass is 9.95. The summed E-state index contributed by atoms with van der Waals surface area (Å²) in [6, 6.07) is 0. The van der Waals surface area contributed by atoms with Gasteiger partial charge in [0.05, 0.1) is 6.54 Å². The van der Waals surface area contributed by atoms with Crippen LogP contribution in [0.5, 0.6) is 0 Å². The van der Waals surface area contributed by atoms with Crippen LogP contribution in [0.15, 0.2) is 0 Å². The fraction of sp³-hybridized carbons (Fsp3) is 0.842. The highest BCUT2D eigenvalue weighted by atomic mass is 16.6. The average molecular weight is 370 g/mol. The van der Waals surface area contributed by atoms with Gasteiger partial charge in [-0.25, -0.2) is 4.79 Å². The second kappa shape index (κ2) is 8.73. The van der Waals surface area contributed by atoms with Gasteiger partial charge in [0.25, 0.3) is 0 Å². The molecule has 1 rings (SSSR count). The van der Waals surface area contributed by atoms with E-state index in [1.54, 1.807) is 9.80 Å². The topological polar surface area (TPSA) is 79.0 Å². The average Bonchev–Trinajstić information content (AvgIpc) is 2.48. The Morgan fingerprint density at radius 2 is 1.62 bits per heavy atom. The Labute approximate surface area is 157 Å². The molecule has 26 heavy (non-hydrogen) atoms. The molecule has 0 saturated carbocycles. The van der Waals surface area contributed by atoms with E-state index in [0.29, 0.717) is 32.5 Å². The van der Waals surface area contributed by atoms with Crippen LogP contribution in [-0.2, 0) is 14.3 Å². The number of carbonyl (C=O) groups is 3. The molecule has 1 saturated heterocycles. The largest absolute Gasteiger partial charge is 0.444 e. The van der Waals surface area contributed by atoms with Crippen LogP contribution in [-0.4, -0.2) is 65.0 Å². The number of likely N-dealkylation sites (tertiary alicyclic amines) is 1. The van der Waals surface area contributed by atoms with Gasteiger partial charge < -0.3 is 19.9 Å². The van der Waals surface area contributed by atoms with Gasteiger partial charge in [-0.2, -0.15) is 0 Å². The highest BCUT2D eigenvalue weighted by Gasteiger charge is 2.32. The summed E-state index contributed by atoms with van der Waals surface area (Å²) < 4.78 is 5.38. The number of nitrogens with one attached hydrogen (secondary N) is 1. The second-order valence-electron chi connectivity index (χ2n) is 8.89. The normalized spacial score (nSPS) is 16.2. The fourth-order valence-corrected chi connectivity index (χ4v) is 2.87. The van der Waals surface area contributed by atoms with Crippen molar-refractivity contribution in [3.8, 4) is 0 Å². The van der Waals surface area contributed by atoms with E-state index in [1.165, 1.54) is 0 Å². The Bertz CT molecular complexity index is 512. The van der Waals surface area contributed by atoms with Gasteiger partial charge in [0.2, 0.25) is 11.8 Å².